The SMILES string of the molecule is C=Cc1ccc(-c2ccc(NC=C3CCC3)cc2)cc1O. The Labute approximate surface area is 125 Å². The van der Waals surface area contributed by atoms with Crippen molar-refractivity contribution in [3.63, 3.8) is 0 Å². The summed E-state index contributed by atoms with van der Waals surface area (Å²) in [4.78, 5) is 0. The first-order chi connectivity index (χ1) is 10.3. The summed E-state index contributed by atoms with van der Waals surface area (Å²) in [7, 11) is 0. The van der Waals surface area contributed by atoms with E-state index >= 15 is 0 Å². The number of benzene rings is 2. The molecule has 0 unspecified atom stereocenters. The van der Waals surface area contributed by atoms with Crippen LogP contribution in [-0.4, -0.2) is 5.11 Å². The van der Waals surface area contributed by atoms with Crippen molar-refractivity contribution in [2.45, 2.75) is 19.3 Å². The Balaban J connectivity index is 1.76. The van der Waals surface area contributed by atoms with Gasteiger partial charge >= 0.3 is 0 Å². The molecule has 2 aromatic carbocycles. The van der Waals surface area contributed by atoms with Crippen molar-refractivity contribution in [2.75, 3.05) is 5.32 Å². The summed E-state index contributed by atoms with van der Waals surface area (Å²) in [5.41, 5.74) is 5.42. The maximum Gasteiger partial charge on any atom is 0.123 e. The topological polar surface area (TPSA) is 32.3 Å². The van der Waals surface area contributed by atoms with Crippen LogP contribution in [0.1, 0.15) is 24.8 Å². The lowest BCUT2D eigenvalue weighted by atomic mass is 9.93. The highest BCUT2D eigenvalue weighted by Gasteiger charge is 2.07. The van der Waals surface area contributed by atoms with Crippen LogP contribution in [0.25, 0.3) is 17.2 Å². The van der Waals surface area contributed by atoms with Crippen LogP contribution < -0.4 is 5.32 Å². The van der Waals surface area contributed by atoms with Gasteiger partial charge in [0.1, 0.15) is 5.75 Å². The second-order valence-electron chi connectivity index (χ2n) is 5.36. The van der Waals surface area contributed by atoms with Crippen LogP contribution in [0.3, 0.4) is 0 Å². The summed E-state index contributed by atoms with van der Waals surface area (Å²) in [6.45, 7) is 3.68. The van der Waals surface area contributed by atoms with Crippen LogP contribution in [-0.2, 0) is 0 Å². The molecular weight excluding hydrogens is 258 g/mol. The van der Waals surface area contributed by atoms with Gasteiger partial charge in [0, 0.05) is 17.5 Å². The highest BCUT2D eigenvalue weighted by atomic mass is 16.3. The lowest BCUT2D eigenvalue weighted by Gasteiger charge is -2.16. The molecule has 0 atom stereocenters. The number of hydrogen-bond acceptors (Lipinski definition) is 2. The van der Waals surface area contributed by atoms with Crippen LogP contribution in [0.2, 0.25) is 0 Å². The average molecular weight is 277 g/mol. The van der Waals surface area contributed by atoms with E-state index in [0.29, 0.717) is 0 Å². The number of anilines is 1. The molecule has 0 aliphatic heterocycles. The standard InChI is InChI=1S/C19H19NO/c1-2-15-6-7-17(12-19(15)21)16-8-10-18(11-9-16)20-13-14-4-3-5-14/h2,6-13,20-21H,1,3-5H2. The third-order valence-corrected chi connectivity index (χ3v) is 3.91. The van der Waals surface area contributed by atoms with E-state index in [0.717, 1.165) is 22.4 Å². The second-order valence-corrected chi connectivity index (χ2v) is 5.36. The highest BCUT2D eigenvalue weighted by Crippen LogP contribution is 2.28. The molecule has 0 spiro atoms. The summed E-state index contributed by atoms with van der Waals surface area (Å²) in [5, 5.41) is 13.2. The van der Waals surface area contributed by atoms with E-state index in [1.807, 2.05) is 12.1 Å². The first kappa shape index (κ1) is 13.5. The molecule has 2 nitrogen and oxygen atoms in total. The Morgan fingerprint density at radius 1 is 1.00 bits per heavy atom. The molecule has 1 aliphatic carbocycles. The van der Waals surface area contributed by atoms with Crippen LogP contribution >= 0.6 is 0 Å². The zero-order valence-electron chi connectivity index (χ0n) is 12.0. The molecule has 0 amide bonds. The van der Waals surface area contributed by atoms with Crippen LogP contribution in [0, 0.1) is 0 Å². The molecule has 2 aromatic rings. The molecule has 0 saturated heterocycles. The molecule has 21 heavy (non-hydrogen) atoms. The number of nitrogens with one attached hydrogen (secondary N) is 1. The molecule has 0 heterocycles. The number of rotatable bonds is 4. The smallest absolute Gasteiger partial charge is 0.123 e. The lowest BCUT2D eigenvalue weighted by Crippen LogP contribution is -2.00. The maximum absolute atomic E-state index is 9.89. The fourth-order valence-electron chi connectivity index (χ4n) is 2.37. The van der Waals surface area contributed by atoms with Crippen LogP contribution in [0.4, 0.5) is 5.69 Å². The molecule has 1 aliphatic rings. The summed E-state index contributed by atoms with van der Waals surface area (Å²) in [6, 6.07) is 13.9. The Hall–Kier alpha value is -2.48. The summed E-state index contributed by atoms with van der Waals surface area (Å²) >= 11 is 0. The summed E-state index contributed by atoms with van der Waals surface area (Å²) in [5.74, 6) is 0.263. The average Bonchev–Trinajstić information content (AvgIpc) is 2.46. The fourth-order valence-corrected chi connectivity index (χ4v) is 2.37. The van der Waals surface area contributed by atoms with Gasteiger partial charge in [-0.05, 0) is 48.6 Å². The van der Waals surface area contributed by atoms with Gasteiger partial charge in [0.2, 0.25) is 0 Å². The van der Waals surface area contributed by atoms with Crippen molar-refractivity contribution < 1.29 is 5.11 Å². The lowest BCUT2D eigenvalue weighted by molar-refractivity contribution is 0.474. The van der Waals surface area contributed by atoms with E-state index in [-0.39, 0.29) is 5.75 Å². The Kier molecular flexibility index (Phi) is 3.78. The van der Waals surface area contributed by atoms with Crippen molar-refractivity contribution in [3.8, 4) is 16.9 Å². The molecule has 2 heteroatoms. The van der Waals surface area contributed by atoms with E-state index in [9.17, 15) is 5.11 Å². The van der Waals surface area contributed by atoms with Crippen molar-refractivity contribution >= 4 is 11.8 Å². The second kappa shape index (κ2) is 5.88. The van der Waals surface area contributed by atoms with Gasteiger partial charge < -0.3 is 10.4 Å². The van der Waals surface area contributed by atoms with Gasteiger partial charge in [-0.3, -0.25) is 0 Å². The van der Waals surface area contributed by atoms with Crippen molar-refractivity contribution in [2.24, 2.45) is 0 Å². The minimum absolute atomic E-state index is 0.263. The Bertz CT molecular complexity index is 677. The first-order valence-corrected chi connectivity index (χ1v) is 7.26. The highest BCUT2D eigenvalue weighted by molar-refractivity contribution is 5.70. The van der Waals surface area contributed by atoms with Crippen LogP contribution in [0.5, 0.6) is 5.75 Å². The summed E-state index contributed by atoms with van der Waals surface area (Å²) in [6.07, 6.45) is 7.53. The predicted molar refractivity (Wildman–Crippen MR) is 89.2 cm³/mol. The van der Waals surface area contributed by atoms with E-state index in [4.69, 9.17) is 0 Å². The largest absolute Gasteiger partial charge is 0.507 e. The quantitative estimate of drug-likeness (QED) is 0.806. The van der Waals surface area contributed by atoms with E-state index in [2.05, 4.69) is 42.4 Å². The van der Waals surface area contributed by atoms with E-state index < -0.39 is 0 Å². The molecular formula is C19H19NO. The number of allylic oxidation sites excluding steroid dienone is 1. The molecule has 0 radical (unpaired) electrons. The molecule has 3 rings (SSSR count). The van der Waals surface area contributed by atoms with Crippen molar-refractivity contribution in [3.05, 3.63) is 66.4 Å². The third-order valence-electron chi connectivity index (χ3n) is 3.91. The first-order valence-electron chi connectivity index (χ1n) is 7.26. The third kappa shape index (κ3) is 3.00. The molecule has 0 aromatic heterocycles. The van der Waals surface area contributed by atoms with Crippen molar-refractivity contribution in [1.29, 1.82) is 0 Å². The predicted octanol–water partition coefficient (Wildman–Crippen LogP) is 5.18. The zero-order chi connectivity index (χ0) is 14.7. The molecule has 106 valence electrons. The minimum Gasteiger partial charge on any atom is -0.507 e. The van der Waals surface area contributed by atoms with Gasteiger partial charge in [0.15, 0.2) is 0 Å². The Morgan fingerprint density at radius 3 is 2.29 bits per heavy atom. The minimum atomic E-state index is 0.263. The van der Waals surface area contributed by atoms with E-state index in [1.54, 1.807) is 12.1 Å². The molecule has 1 fully saturated rings. The number of hydrogen-bond donors (Lipinski definition) is 2. The Morgan fingerprint density at radius 2 is 1.71 bits per heavy atom. The van der Waals surface area contributed by atoms with Gasteiger partial charge in [-0.15, -0.1) is 0 Å². The molecule has 1 saturated carbocycles. The van der Waals surface area contributed by atoms with Crippen molar-refractivity contribution in [1.82, 2.24) is 0 Å². The maximum atomic E-state index is 9.89. The molecule has 0 bridgehead atoms. The fraction of sp³-hybridized carbons (Fsp3) is 0.158. The normalized spacial score (nSPS) is 13.4. The van der Waals surface area contributed by atoms with Gasteiger partial charge in [-0.25, -0.2) is 0 Å². The summed E-state index contributed by atoms with van der Waals surface area (Å²) < 4.78 is 0. The van der Waals surface area contributed by atoms with Gasteiger partial charge in [-0.2, -0.15) is 0 Å². The van der Waals surface area contributed by atoms with Gasteiger partial charge in [0.05, 0.1) is 0 Å². The monoisotopic (exact) mass is 277 g/mol. The number of phenolic OH excluding ortho intramolecular Hbond substituents is 1. The molecule has 2 N–H and O–H groups in total. The van der Waals surface area contributed by atoms with Gasteiger partial charge in [0.25, 0.3) is 0 Å². The van der Waals surface area contributed by atoms with Crippen LogP contribution in [0.15, 0.2) is 60.8 Å². The number of phenols is 1. The number of aromatic hydroxyl groups is 1. The van der Waals surface area contributed by atoms with E-state index in [1.165, 1.54) is 24.8 Å². The van der Waals surface area contributed by atoms with Gasteiger partial charge in [-0.1, -0.05) is 42.5 Å². The zero-order valence-corrected chi connectivity index (χ0v) is 12.0.